The van der Waals surface area contributed by atoms with Crippen molar-refractivity contribution in [2.45, 2.75) is 46.3 Å². The summed E-state index contributed by atoms with van der Waals surface area (Å²) in [6.07, 6.45) is 1.32. The number of rotatable bonds is 6. The van der Waals surface area contributed by atoms with Crippen LogP contribution in [-0.2, 0) is 24.4 Å². The first-order chi connectivity index (χ1) is 13.1. The molecule has 0 bridgehead atoms. The molecule has 2 N–H and O–H groups in total. The molecule has 7 heteroatoms. The molecule has 1 aromatic heterocycles. The summed E-state index contributed by atoms with van der Waals surface area (Å²) in [5, 5.41) is 7.59. The van der Waals surface area contributed by atoms with Crippen LogP contribution in [0.25, 0.3) is 0 Å². The smallest absolute Gasteiger partial charge is 0.223 e. The summed E-state index contributed by atoms with van der Waals surface area (Å²) < 4.78 is 0. The highest BCUT2D eigenvalue weighted by Gasteiger charge is 2.22. The Bertz CT molecular complexity index is 785. The lowest BCUT2D eigenvalue weighted by atomic mass is 10.1. The summed E-state index contributed by atoms with van der Waals surface area (Å²) >= 11 is 1.70. The number of amides is 1. The fourth-order valence-corrected chi connectivity index (χ4v) is 3.98. The number of nitrogens with zero attached hydrogens (tertiary/aromatic N) is 3. The fraction of sp³-hybridized carbons (Fsp3) is 0.450. The van der Waals surface area contributed by atoms with Crippen LogP contribution in [0.15, 0.2) is 29.3 Å². The molecule has 2 heterocycles. The van der Waals surface area contributed by atoms with Gasteiger partial charge in [0, 0.05) is 38.0 Å². The molecule has 6 nitrogen and oxygen atoms in total. The minimum atomic E-state index is 0.213. The summed E-state index contributed by atoms with van der Waals surface area (Å²) in [5.74, 6) is 0.950. The van der Waals surface area contributed by atoms with Gasteiger partial charge in [0.25, 0.3) is 0 Å². The summed E-state index contributed by atoms with van der Waals surface area (Å²) in [5.41, 5.74) is 3.62. The van der Waals surface area contributed by atoms with Gasteiger partial charge in [-0.05, 0) is 31.4 Å². The number of thiazole rings is 1. The molecule has 0 aliphatic carbocycles. The van der Waals surface area contributed by atoms with Crippen LogP contribution >= 0.6 is 11.3 Å². The average Bonchev–Trinajstić information content (AvgIpc) is 3.24. The van der Waals surface area contributed by atoms with Crippen molar-refractivity contribution in [3.63, 3.8) is 0 Å². The molecular weight excluding hydrogens is 358 g/mol. The van der Waals surface area contributed by atoms with Crippen molar-refractivity contribution in [2.24, 2.45) is 4.99 Å². The Kier molecular flexibility index (Phi) is 6.45. The second-order valence-electron chi connectivity index (χ2n) is 6.72. The molecule has 1 aliphatic rings. The molecule has 27 heavy (non-hydrogen) atoms. The Labute approximate surface area is 164 Å². The van der Waals surface area contributed by atoms with Crippen LogP contribution < -0.4 is 10.6 Å². The normalized spacial score (nSPS) is 13.6. The van der Waals surface area contributed by atoms with E-state index in [4.69, 9.17) is 0 Å². The van der Waals surface area contributed by atoms with Gasteiger partial charge < -0.3 is 15.5 Å². The topological polar surface area (TPSA) is 69.6 Å². The van der Waals surface area contributed by atoms with Crippen LogP contribution in [0, 0.1) is 13.8 Å². The van der Waals surface area contributed by atoms with Crippen LogP contribution in [0.4, 0.5) is 0 Å². The van der Waals surface area contributed by atoms with E-state index in [0.29, 0.717) is 19.5 Å². The number of fused-ring (bicyclic) bond motifs is 1. The molecule has 0 atom stereocenters. The highest BCUT2D eigenvalue weighted by molar-refractivity contribution is 7.11. The van der Waals surface area contributed by atoms with Crippen molar-refractivity contribution >= 4 is 23.2 Å². The molecule has 0 unspecified atom stereocenters. The zero-order chi connectivity index (χ0) is 19.2. The third kappa shape index (κ3) is 5.07. The van der Waals surface area contributed by atoms with Gasteiger partial charge in [0.15, 0.2) is 5.96 Å². The number of aryl methyl sites for hydroxylation is 2. The van der Waals surface area contributed by atoms with Gasteiger partial charge in [-0.15, -0.1) is 11.3 Å². The third-order valence-corrected chi connectivity index (χ3v) is 5.83. The maximum atomic E-state index is 12.4. The second-order valence-corrected chi connectivity index (χ2v) is 8.01. The van der Waals surface area contributed by atoms with E-state index < -0.39 is 0 Å². The summed E-state index contributed by atoms with van der Waals surface area (Å²) in [6.45, 7) is 6.94. The minimum Gasteiger partial charge on any atom is -0.356 e. The first-order valence-corrected chi connectivity index (χ1v) is 10.1. The molecule has 0 fully saturated rings. The molecule has 1 amide bonds. The highest BCUT2D eigenvalue weighted by Crippen LogP contribution is 2.22. The monoisotopic (exact) mass is 385 g/mol. The van der Waals surface area contributed by atoms with Gasteiger partial charge in [-0.1, -0.05) is 24.3 Å². The lowest BCUT2D eigenvalue weighted by molar-refractivity contribution is -0.131. The van der Waals surface area contributed by atoms with E-state index in [-0.39, 0.29) is 5.91 Å². The van der Waals surface area contributed by atoms with Crippen LogP contribution in [0.1, 0.15) is 39.5 Å². The highest BCUT2D eigenvalue weighted by atomic mass is 32.1. The Hall–Kier alpha value is -2.41. The lowest BCUT2D eigenvalue weighted by Gasteiger charge is -2.16. The molecule has 1 aromatic carbocycles. The Balaban J connectivity index is 1.36. The van der Waals surface area contributed by atoms with Gasteiger partial charge >= 0.3 is 0 Å². The van der Waals surface area contributed by atoms with Gasteiger partial charge in [0.2, 0.25) is 5.91 Å². The predicted octanol–water partition coefficient (Wildman–Crippen LogP) is 2.75. The Morgan fingerprint density at radius 1 is 1.22 bits per heavy atom. The van der Waals surface area contributed by atoms with E-state index in [1.807, 2.05) is 24.0 Å². The number of aromatic nitrogens is 1. The number of guanidine groups is 1. The van der Waals surface area contributed by atoms with Gasteiger partial charge in [-0.25, -0.2) is 4.98 Å². The quantitative estimate of drug-likeness (QED) is 0.456. The van der Waals surface area contributed by atoms with Crippen molar-refractivity contribution in [3.05, 3.63) is 51.0 Å². The first-order valence-electron chi connectivity index (χ1n) is 9.29. The lowest BCUT2D eigenvalue weighted by Crippen LogP contribution is -2.37. The van der Waals surface area contributed by atoms with E-state index >= 15 is 0 Å². The van der Waals surface area contributed by atoms with Gasteiger partial charge in [0.1, 0.15) is 5.01 Å². The average molecular weight is 386 g/mol. The molecular formula is C20H27N5OS. The molecule has 0 spiro atoms. The molecule has 1 aliphatic heterocycles. The van der Waals surface area contributed by atoms with Crippen molar-refractivity contribution in [1.29, 1.82) is 0 Å². The van der Waals surface area contributed by atoms with Crippen LogP contribution in [0.2, 0.25) is 0 Å². The number of hydrogen-bond acceptors (Lipinski definition) is 4. The first kappa shape index (κ1) is 19.4. The van der Waals surface area contributed by atoms with E-state index in [0.717, 1.165) is 36.2 Å². The van der Waals surface area contributed by atoms with Crippen LogP contribution in [-0.4, -0.2) is 35.3 Å². The number of carbonyl (C=O) groups excluding carboxylic acids is 1. The number of aliphatic imine (C=N–C) groups is 1. The standard InChI is InChI=1S/C20H27N5OS/c1-14-15(2)27-18(24-14)11-23-20(21-3)22-10-6-9-19(26)25-12-16-7-4-5-8-17(16)13-25/h4-5,7-8H,6,9-13H2,1-3H3,(H2,21,22,23). The third-order valence-electron chi connectivity index (χ3n) is 4.76. The molecule has 0 saturated heterocycles. The number of nitrogens with one attached hydrogen (secondary N) is 2. The minimum absolute atomic E-state index is 0.213. The van der Waals surface area contributed by atoms with Crippen molar-refractivity contribution in [2.75, 3.05) is 13.6 Å². The van der Waals surface area contributed by atoms with Crippen LogP contribution in [0.3, 0.4) is 0 Å². The number of benzene rings is 1. The molecule has 3 rings (SSSR count). The zero-order valence-corrected chi connectivity index (χ0v) is 17.0. The largest absolute Gasteiger partial charge is 0.356 e. The summed E-state index contributed by atoms with van der Waals surface area (Å²) in [4.78, 5) is 24.4. The van der Waals surface area contributed by atoms with Gasteiger partial charge in [0.05, 0.1) is 12.2 Å². The van der Waals surface area contributed by atoms with E-state index in [2.05, 4.69) is 39.7 Å². The molecule has 0 radical (unpaired) electrons. The van der Waals surface area contributed by atoms with Crippen molar-refractivity contribution in [3.8, 4) is 0 Å². The van der Waals surface area contributed by atoms with Crippen LogP contribution in [0.5, 0.6) is 0 Å². The van der Waals surface area contributed by atoms with Gasteiger partial charge in [-0.3, -0.25) is 9.79 Å². The van der Waals surface area contributed by atoms with Crippen molar-refractivity contribution < 1.29 is 4.79 Å². The molecule has 2 aromatic rings. The molecule has 144 valence electrons. The maximum absolute atomic E-state index is 12.4. The van der Waals surface area contributed by atoms with Gasteiger partial charge in [-0.2, -0.15) is 0 Å². The summed E-state index contributed by atoms with van der Waals surface area (Å²) in [6, 6.07) is 8.27. The fourth-order valence-electron chi connectivity index (χ4n) is 3.11. The van der Waals surface area contributed by atoms with Crippen molar-refractivity contribution in [1.82, 2.24) is 20.5 Å². The molecule has 0 saturated carbocycles. The Morgan fingerprint density at radius 3 is 2.52 bits per heavy atom. The Morgan fingerprint density at radius 2 is 1.93 bits per heavy atom. The summed E-state index contributed by atoms with van der Waals surface area (Å²) in [7, 11) is 1.75. The van der Waals surface area contributed by atoms with E-state index in [1.165, 1.54) is 16.0 Å². The SMILES string of the molecule is CN=C(NCCCC(=O)N1Cc2ccccc2C1)NCc1nc(C)c(C)s1. The number of hydrogen-bond donors (Lipinski definition) is 2. The van der Waals surface area contributed by atoms with E-state index in [1.54, 1.807) is 18.4 Å². The number of carbonyl (C=O) groups is 1. The van der Waals surface area contributed by atoms with E-state index in [9.17, 15) is 4.79 Å². The maximum Gasteiger partial charge on any atom is 0.223 e. The second kappa shape index (κ2) is 8.99. The predicted molar refractivity (Wildman–Crippen MR) is 110 cm³/mol. The zero-order valence-electron chi connectivity index (χ0n) is 16.2.